The average Bonchev–Trinajstić information content (AvgIpc) is 2.70. The minimum Gasteiger partial charge on any atom is -0.372 e. The minimum atomic E-state index is 1.17. The molecular formula is C23H23N. The van der Waals surface area contributed by atoms with Crippen LogP contribution >= 0.6 is 0 Å². The molecule has 1 heteroatoms. The Morgan fingerprint density at radius 3 is 1.50 bits per heavy atom. The molecule has 0 atom stereocenters. The molecule has 1 heterocycles. The van der Waals surface area contributed by atoms with Crippen LogP contribution in [0.1, 0.15) is 19.3 Å². The van der Waals surface area contributed by atoms with Crippen molar-refractivity contribution in [2.75, 3.05) is 18.0 Å². The molecule has 0 spiro atoms. The van der Waals surface area contributed by atoms with Crippen LogP contribution in [0, 0.1) is 0 Å². The van der Waals surface area contributed by atoms with Crippen LogP contribution in [-0.2, 0) is 0 Å². The molecule has 120 valence electrons. The highest BCUT2D eigenvalue weighted by molar-refractivity contribution is 5.78. The maximum Gasteiger partial charge on any atom is 0.0378 e. The normalized spacial score (nSPS) is 14.6. The monoisotopic (exact) mass is 313 g/mol. The van der Waals surface area contributed by atoms with Crippen LogP contribution in [0.15, 0.2) is 78.9 Å². The van der Waals surface area contributed by atoms with Crippen molar-refractivity contribution in [1.82, 2.24) is 0 Å². The SMILES string of the molecule is c1ccc(-c2cc(-c3ccccc3)cc(N3CCCCC3)c2)cc1. The highest BCUT2D eigenvalue weighted by atomic mass is 15.1. The maximum atomic E-state index is 2.54. The highest BCUT2D eigenvalue weighted by Crippen LogP contribution is 2.33. The summed E-state index contributed by atoms with van der Waals surface area (Å²) in [4.78, 5) is 2.54. The Morgan fingerprint density at radius 1 is 0.500 bits per heavy atom. The van der Waals surface area contributed by atoms with Crippen molar-refractivity contribution >= 4 is 5.69 Å². The predicted molar refractivity (Wildman–Crippen MR) is 103 cm³/mol. The van der Waals surface area contributed by atoms with Gasteiger partial charge < -0.3 is 4.90 Å². The lowest BCUT2D eigenvalue weighted by molar-refractivity contribution is 0.578. The molecule has 1 nitrogen and oxygen atoms in total. The van der Waals surface area contributed by atoms with Crippen molar-refractivity contribution < 1.29 is 0 Å². The number of nitrogens with zero attached hydrogens (tertiary/aromatic N) is 1. The Bertz CT molecular complexity index is 729. The van der Waals surface area contributed by atoms with E-state index in [0.29, 0.717) is 0 Å². The summed E-state index contributed by atoms with van der Waals surface area (Å²) in [5.74, 6) is 0. The summed E-state index contributed by atoms with van der Waals surface area (Å²) < 4.78 is 0. The number of benzene rings is 3. The van der Waals surface area contributed by atoms with Crippen LogP contribution in [0.2, 0.25) is 0 Å². The first-order valence-corrected chi connectivity index (χ1v) is 8.91. The van der Waals surface area contributed by atoms with E-state index in [2.05, 4.69) is 83.8 Å². The number of hydrogen-bond acceptors (Lipinski definition) is 1. The van der Waals surface area contributed by atoms with Gasteiger partial charge in [-0.3, -0.25) is 0 Å². The first-order chi connectivity index (χ1) is 11.9. The predicted octanol–water partition coefficient (Wildman–Crippen LogP) is 6.01. The maximum absolute atomic E-state index is 2.54. The second-order valence-electron chi connectivity index (χ2n) is 6.55. The second kappa shape index (κ2) is 6.92. The van der Waals surface area contributed by atoms with Gasteiger partial charge in [0.1, 0.15) is 0 Å². The highest BCUT2D eigenvalue weighted by Gasteiger charge is 2.13. The van der Waals surface area contributed by atoms with E-state index in [1.54, 1.807) is 0 Å². The topological polar surface area (TPSA) is 3.24 Å². The summed E-state index contributed by atoms with van der Waals surface area (Å²) in [6, 6.07) is 28.4. The molecule has 4 rings (SSSR count). The molecule has 24 heavy (non-hydrogen) atoms. The van der Waals surface area contributed by atoms with Crippen LogP contribution in [0.4, 0.5) is 5.69 Å². The van der Waals surface area contributed by atoms with Crippen molar-refractivity contribution in [2.24, 2.45) is 0 Å². The van der Waals surface area contributed by atoms with Crippen LogP contribution in [0.5, 0.6) is 0 Å². The average molecular weight is 313 g/mol. The number of rotatable bonds is 3. The molecule has 3 aromatic carbocycles. The minimum absolute atomic E-state index is 1.17. The van der Waals surface area contributed by atoms with Gasteiger partial charge in [0.25, 0.3) is 0 Å². The van der Waals surface area contributed by atoms with E-state index in [-0.39, 0.29) is 0 Å². The zero-order chi connectivity index (χ0) is 16.2. The molecule has 1 fully saturated rings. The van der Waals surface area contributed by atoms with E-state index in [9.17, 15) is 0 Å². The van der Waals surface area contributed by atoms with Gasteiger partial charge in [0.05, 0.1) is 0 Å². The lowest BCUT2D eigenvalue weighted by Crippen LogP contribution is -2.29. The van der Waals surface area contributed by atoms with Crippen LogP contribution < -0.4 is 4.90 Å². The molecule has 1 aliphatic heterocycles. The van der Waals surface area contributed by atoms with E-state index in [0.717, 1.165) is 0 Å². The molecule has 0 aliphatic carbocycles. The molecule has 0 radical (unpaired) electrons. The molecule has 1 saturated heterocycles. The van der Waals surface area contributed by atoms with Crippen LogP contribution in [-0.4, -0.2) is 13.1 Å². The first-order valence-electron chi connectivity index (χ1n) is 8.91. The van der Waals surface area contributed by atoms with Gasteiger partial charge in [0.15, 0.2) is 0 Å². The molecular weight excluding hydrogens is 290 g/mol. The lowest BCUT2D eigenvalue weighted by Gasteiger charge is -2.29. The first kappa shape index (κ1) is 15.0. The number of piperidine rings is 1. The Morgan fingerprint density at radius 2 is 1.00 bits per heavy atom. The summed E-state index contributed by atoms with van der Waals surface area (Å²) in [7, 11) is 0. The molecule has 1 aliphatic rings. The van der Waals surface area contributed by atoms with Crippen molar-refractivity contribution in [3.63, 3.8) is 0 Å². The fourth-order valence-electron chi connectivity index (χ4n) is 3.54. The smallest absolute Gasteiger partial charge is 0.0378 e. The van der Waals surface area contributed by atoms with Gasteiger partial charge in [-0.15, -0.1) is 0 Å². The third-order valence-corrected chi connectivity index (χ3v) is 4.85. The van der Waals surface area contributed by atoms with Crippen molar-refractivity contribution in [2.45, 2.75) is 19.3 Å². The molecule has 0 bridgehead atoms. The van der Waals surface area contributed by atoms with Crippen molar-refractivity contribution in [3.8, 4) is 22.3 Å². The zero-order valence-electron chi connectivity index (χ0n) is 14.0. The number of anilines is 1. The molecule has 0 amide bonds. The zero-order valence-corrected chi connectivity index (χ0v) is 14.0. The Labute approximate surface area is 144 Å². The van der Waals surface area contributed by atoms with Gasteiger partial charge in [-0.05, 0) is 59.7 Å². The van der Waals surface area contributed by atoms with E-state index in [1.807, 2.05) is 0 Å². The Kier molecular flexibility index (Phi) is 4.33. The largest absolute Gasteiger partial charge is 0.372 e. The van der Waals surface area contributed by atoms with E-state index >= 15 is 0 Å². The molecule has 0 unspecified atom stereocenters. The van der Waals surface area contributed by atoms with E-state index in [4.69, 9.17) is 0 Å². The van der Waals surface area contributed by atoms with E-state index < -0.39 is 0 Å². The van der Waals surface area contributed by atoms with Gasteiger partial charge in [-0.2, -0.15) is 0 Å². The van der Waals surface area contributed by atoms with Gasteiger partial charge in [0, 0.05) is 18.8 Å². The fourth-order valence-corrected chi connectivity index (χ4v) is 3.54. The molecule has 0 aromatic heterocycles. The third-order valence-electron chi connectivity index (χ3n) is 4.85. The summed E-state index contributed by atoms with van der Waals surface area (Å²) >= 11 is 0. The summed E-state index contributed by atoms with van der Waals surface area (Å²) in [5.41, 5.74) is 6.53. The summed E-state index contributed by atoms with van der Waals surface area (Å²) in [5, 5.41) is 0. The summed E-state index contributed by atoms with van der Waals surface area (Å²) in [6.07, 6.45) is 3.97. The van der Waals surface area contributed by atoms with Crippen molar-refractivity contribution in [1.29, 1.82) is 0 Å². The molecule has 3 aromatic rings. The third kappa shape index (κ3) is 3.21. The van der Waals surface area contributed by atoms with Gasteiger partial charge in [-0.25, -0.2) is 0 Å². The van der Waals surface area contributed by atoms with Gasteiger partial charge in [-0.1, -0.05) is 60.7 Å². The summed E-state index contributed by atoms with van der Waals surface area (Å²) in [6.45, 7) is 2.35. The molecule has 0 N–H and O–H groups in total. The number of hydrogen-bond donors (Lipinski definition) is 0. The standard InChI is InChI=1S/C23H23N/c1-4-10-19(11-5-1)21-16-22(20-12-6-2-7-13-20)18-23(17-21)24-14-8-3-9-15-24/h1-2,4-7,10-13,16-18H,3,8-9,14-15H2. The second-order valence-corrected chi connectivity index (χ2v) is 6.55. The Hall–Kier alpha value is -2.54. The van der Waals surface area contributed by atoms with Gasteiger partial charge >= 0.3 is 0 Å². The lowest BCUT2D eigenvalue weighted by atomic mass is 9.97. The quantitative estimate of drug-likeness (QED) is 0.572. The Balaban J connectivity index is 1.81. The van der Waals surface area contributed by atoms with Crippen molar-refractivity contribution in [3.05, 3.63) is 78.9 Å². The fraction of sp³-hybridized carbons (Fsp3) is 0.217. The van der Waals surface area contributed by atoms with Crippen LogP contribution in [0.3, 0.4) is 0 Å². The molecule has 0 saturated carbocycles. The van der Waals surface area contributed by atoms with E-state index in [1.165, 1.54) is 60.3 Å². The van der Waals surface area contributed by atoms with Gasteiger partial charge in [0.2, 0.25) is 0 Å². The van der Waals surface area contributed by atoms with Crippen LogP contribution in [0.25, 0.3) is 22.3 Å².